The smallest absolute Gasteiger partial charge is 0.268 e. The summed E-state index contributed by atoms with van der Waals surface area (Å²) < 4.78 is 23.5. The van der Waals surface area contributed by atoms with Crippen LogP contribution in [0.3, 0.4) is 0 Å². The number of halogens is 1. The van der Waals surface area contributed by atoms with Gasteiger partial charge in [0.1, 0.15) is 23.3 Å². The number of aryl methyl sites for hydroxylation is 3. The van der Waals surface area contributed by atoms with E-state index in [2.05, 4.69) is 15.1 Å². The summed E-state index contributed by atoms with van der Waals surface area (Å²) in [5.41, 5.74) is 6.88. The van der Waals surface area contributed by atoms with Crippen LogP contribution in [0.1, 0.15) is 28.8 Å². The Morgan fingerprint density at radius 2 is 2.14 bits per heavy atom. The lowest BCUT2D eigenvalue weighted by atomic mass is 10.2. The van der Waals surface area contributed by atoms with Crippen molar-refractivity contribution in [2.45, 2.75) is 27.3 Å². The molecule has 0 unspecified atom stereocenters. The van der Waals surface area contributed by atoms with Crippen molar-refractivity contribution < 1.29 is 18.7 Å². The van der Waals surface area contributed by atoms with Gasteiger partial charge in [0.25, 0.3) is 5.91 Å². The van der Waals surface area contributed by atoms with E-state index in [-0.39, 0.29) is 28.6 Å². The highest BCUT2D eigenvalue weighted by atomic mass is 19.1. The highest BCUT2D eigenvalue weighted by Gasteiger charge is 2.27. The molecule has 1 amide bonds. The minimum absolute atomic E-state index is 0.0371. The first-order chi connectivity index (χ1) is 13.3. The highest BCUT2D eigenvalue weighted by molar-refractivity contribution is 5.97. The van der Waals surface area contributed by atoms with Gasteiger partial charge in [0.05, 0.1) is 23.0 Å². The monoisotopic (exact) mass is 384 g/mol. The summed E-state index contributed by atoms with van der Waals surface area (Å²) in [6, 6.07) is 0. The molecule has 28 heavy (non-hydrogen) atoms. The first-order valence-corrected chi connectivity index (χ1v) is 8.52. The van der Waals surface area contributed by atoms with E-state index in [1.165, 1.54) is 27.7 Å². The maximum Gasteiger partial charge on any atom is 0.268 e. The highest BCUT2D eigenvalue weighted by Crippen LogP contribution is 2.36. The summed E-state index contributed by atoms with van der Waals surface area (Å²) in [6.07, 6.45) is 4.21. The van der Waals surface area contributed by atoms with Crippen LogP contribution in [-0.4, -0.2) is 35.2 Å². The van der Waals surface area contributed by atoms with E-state index in [1.807, 2.05) is 6.92 Å². The van der Waals surface area contributed by atoms with Crippen LogP contribution < -0.4 is 5.73 Å². The Hall–Kier alpha value is -3.69. The van der Waals surface area contributed by atoms with Crippen molar-refractivity contribution in [3.63, 3.8) is 0 Å². The van der Waals surface area contributed by atoms with Gasteiger partial charge >= 0.3 is 0 Å². The molecule has 0 aliphatic heterocycles. The number of rotatable bonds is 4. The maximum atomic E-state index is 15.1. The number of primary amides is 1. The lowest BCUT2D eigenvalue weighted by Gasteiger charge is -2.00. The van der Waals surface area contributed by atoms with E-state index in [9.17, 15) is 9.90 Å². The van der Waals surface area contributed by atoms with Crippen LogP contribution in [-0.2, 0) is 6.54 Å². The minimum atomic E-state index is -0.912. The van der Waals surface area contributed by atoms with Gasteiger partial charge in [-0.25, -0.2) is 9.37 Å². The summed E-state index contributed by atoms with van der Waals surface area (Å²) in [4.78, 5) is 20.3. The van der Waals surface area contributed by atoms with Crippen molar-refractivity contribution >= 4 is 11.4 Å². The van der Waals surface area contributed by atoms with Crippen LogP contribution in [0.15, 0.2) is 23.1 Å². The molecule has 3 N–H and O–H groups in total. The summed E-state index contributed by atoms with van der Waals surface area (Å²) in [5, 5.41) is 14.5. The molecule has 0 aromatic carbocycles. The Bertz CT molecular complexity index is 1240. The second-order valence-corrected chi connectivity index (χ2v) is 6.32. The average Bonchev–Trinajstić information content (AvgIpc) is 3.29. The van der Waals surface area contributed by atoms with Crippen molar-refractivity contribution in [2.24, 2.45) is 5.73 Å². The van der Waals surface area contributed by atoms with Crippen LogP contribution in [0.2, 0.25) is 0 Å². The van der Waals surface area contributed by atoms with E-state index >= 15 is 4.39 Å². The molecular weight excluding hydrogens is 367 g/mol. The van der Waals surface area contributed by atoms with Crippen molar-refractivity contribution in [1.82, 2.24) is 24.1 Å². The Morgan fingerprint density at radius 1 is 1.39 bits per heavy atom. The topological polar surface area (TPSA) is 124 Å². The average molecular weight is 384 g/mol. The molecule has 0 aliphatic carbocycles. The summed E-state index contributed by atoms with van der Waals surface area (Å²) in [6.45, 7) is 5.70. The zero-order chi connectivity index (χ0) is 20.2. The third kappa shape index (κ3) is 2.45. The molecule has 0 spiro atoms. The van der Waals surface area contributed by atoms with E-state index in [0.29, 0.717) is 29.1 Å². The number of nitrogens with zero attached hydrogens (tertiary/aromatic N) is 5. The fraction of sp³-hybridized carbons (Fsp3) is 0.222. The van der Waals surface area contributed by atoms with E-state index in [4.69, 9.17) is 10.2 Å². The molecule has 4 aromatic heterocycles. The van der Waals surface area contributed by atoms with Gasteiger partial charge in [0.2, 0.25) is 5.89 Å². The number of carbonyl (C=O) groups is 1. The molecule has 4 rings (SSSR count). The molecule has 0 saturated carbocycles. The first kappa shape index (κ1) is 17.7. The Kier molecular flexibility index (Phi) is 3.91. The fourth-order valence-electron chi connectivity index (χ4n) is 3.20. The van der Waals surface area contributed by atoms with Crippen LogP contribution in [0.25, 0.3) is 28.4 Å². The fourth-order valence-corrected chi connectivity index (χ4v) is 3.20. The van der Waals surface area contributed by atoms with Crippen molar-refractivity contribution in [3.8, 4) is 28.6 Å². The Morgan fingerprint density at radius 3 is 2.82 bits per heavy atom. The summed E-state index contributed by atoms with van der Waals surface area (Å²) >= 11 is 0. The number of hydrogen-bond donors (Lipinski definition) is 2. The molecule has 0 radical (unpaired) electrons. The zero-order valence-electron chi connectivity index (χ0n) is 15.4. The Balaban J connectivity index is 1.94. The van der Waals surface area contributed by atoms with Gasteiger partial charge in [0.15, 0.2) is 17.3 Å². The van der Waals surface area contributed by atoms with Crippen LogP contribution in [0, 0.1) is 19.7 Å². The van der Waals surface area contributed by atoms with Gasteiger partial charge in [0, 0.05) is 12.7 Å². The summed E-state index contributed by atoms with van der Waals surface area (Å²) in [5.74, 6) is -1.71. The molecular formula is C18H17FN6O3. The van der Waals surface area contributed by atoms with Crippen molar-refractivity contribution in [2.75, 3.05) is 0 Å². The number of carbonyl (C=O) groups excluding carboxylic acids is 1. The molecule has 4 aromatic rings. The van der Waals surface area contributed by atoms with Crippen molar-refractivity contribution in [1.29, 1.82) is 0 Å². The first-order valence-electron chi connectivity index (χ1n) is 8.52. The van der Waals surface area contributed by atoms with Gasteiger partial charge in [-0.05, 0) is 20.8 Å². The van der Waals surface area contributed by atoms with Crippen molar-refractivity contribution in [3.05, 3.63) is 41.6 Å². The molecule has 0 saturated heterocycles. The second kappa shape index (κ2) is 6.19. The molecule has 0 fully saturated rings. The maximum absolute atomic E-state index is 15.1. The van der Waals surface area contributed by atoms with Gasteiger partial charge < -0.3 is 19.7 Å². The van der Waals surface area contributed by atoms with Gasteiger partial charge in [-0.1, -0.05) is 0 Å². The lowest BCUT2D eigenvalue weighted by Crippen LogP contribution is -2.15. The van der Waals surface area contributed by atoms with E-state index in [1.54, 1.807) is 13.8 Å². The molecule has 0 atom stereocenters. The molecule has 10 heteroatoms. The number of hydrogen-bond acceptors (Lipinski definition) is 6. The quantitative estimate of drug-likeness (QED) is 0.557. The zero-order valence-corrected chi connectivity index (χ0v) is 15.4. The number of fused-ring (bicyclic) bond motifs is 1. The third-order valence-corrected chi connectivity index (χ3v) is 4.48. The Labute approximate surface area is 158 Å². The number of nitrogens with two attached hydrogens (primary N) is 1. The predicted molar refractivity (Wildman–Crippen MR) is 97.2 cm³/mol. The van der Waals surface area contributed by atoms with Gasteiger partial charge in [-0.2, -0.15) is 5.10 Å². The normalized spacial score (nSPS) is 11.4. The molecule has 9 nitrogen and oxygen atoms in total. The number of amides is 1. The van der Waals surface area contributed by atoms with Crippen LogP contribution >= 0.6 is 0 Å². The SMILES string of the molecule is CCn1nc(C)c(O)c1-c1nc(-c2c(F)c(C(N)=O)n3cc(C)ncc23)co1. The number of aromatic nitrogens is 5. The standard InChI is InChI=1S/C18H17FN6O3/c1-4-25-15(16(26)9(3)23-25)18-22-10(7-28-18)12-11-5-21-8(2)6-24(11)14(13(12)19)17(20)27/h5-7,26H,4H2,1-3H3,(H2,20,27). The van der Waals surface area contributed by atoms with Gasteiger partial charge in [-0.15, -0.1) is 0 Å². The predicted octanol–water partition coefficient (Wildman–Crippen LogP) is 2.43. The molecule has 4 heterocycles. The molecule has 0 bridgehead atoms. The third-order valence-electron chi connectivity index (χ3n) is 4.48. The molecule has 0 aliphatic rings. The second-order valence-electron chi connectivity index (χ2n) is 6.32. The lowest BCUT2D eigenvalue weighted by molar-refractivity contribution is 0.0991. The number of oxazole rings is 1. The largest absolute Gasteiger partial charge is 0.504 e. The van der Waals surface area contributed by atoms with E-state index in [0.717, 1.165) is 0 Å². The van der Waals surface area contributed by atoms with Crippen LogP contribution in [0.4, 0.5) is 4.39 Å². The van der Waals surface area contributed by atoms with Gasteiger partial charge in [-0.3, -0.25) is 14.5 Å². The minimum Gasteiger partial charge on any atom is -0.504 e. The number of aromatic hydroxyl groups is 1. The summed E-state index contributed by atoms with van der Waals surface area (Å²) in [7, 11) is 0. The van der Waals surface area contributed by atoms with Crippen LogP contribution in [0.5, 0.6) is 5.75 Å². The van der Waals surface area contributed by atoms with E-state index < -0.39 is 11.7 Å². The molecule has 144 valence electrons.